The topological polar surface area (TPSA) is 100 Å². The third kappa shape index (κ3) is 4.25. The van der Waals surface area contributed by atoms with E-state index in [1.165, 1.54) is 6.42 Å². The molecule has 1 fully saturated rings. The number of Topliss-reactive ketones (excluding diaryl/α,β-unsaturated/α-hetero) is 1. The first-order valence-corrected chi connectivity index (χ1v) is 11.0. The van der Waals surface area contributed by atoms with Gasteiger partial charge in [-0.05, 0) is 50.8 Å². The fourth-order valence-corrected chi connectivity index (χ4v) is 4.31. The molecule has 0 radical (unpaired) electrons. The van der Waals surface area contributed by atoms with Crippen molar-refractivity contribution < 1.29 is 4.79 Å². The Labute approximate surface area is 184 Å². The van der Waals surface area contributed by atoms with Gasteiger partial charge in [0.2, 0.25) is 0 Å². The summed E-state index contributed by atoms with van der Waals surface area (Å²) >= 11 is 6.54. The number of nitrogens with zero attached hydrogens (tertiary/aromatic N) is 4. The van der Waals surface area contributed by atoms with Crippen molar-refractivity contribution in [2.45, 2.75) is 39.0 Å². The molecular formula is C20H20Br2N6O. The number of aromatic amines is 2. The number of ketones is 1. The van der Waals surface area contributed by atoms with Crippen molar-refractivity contribution >= 4 is 60.0 Å². The Morgan fingerprint density at radius 3 is 2.45 bits per heavy atom. The maximum atomic E-state index is 12.8. The average Bonchev–Trinajstić information content (AvgIpc) is 3.34. The molecule has 0 atom stereocenters. The molecule has 0 bridgehead atoms. The van der Waals surface area contributed by atoms with E-state index in [1.54, 1.807) is 18.6 Å². The van der Waals surface area contributed by atoms with E-state index in [0.717, 1.165) is 41.5 Å². The number of carbonyl (C=O) groups is 1. The summed E-state index contributed by atoms with van der Waals surface area (Å²) in [6.07, 6.45) is 12.3. The van der Waals surface area contributed by atoms with E-state index in [9.17, 15) is 4.79 Å². The van der Waals surface area contributed by atoms with Crippen LogP contribution in [0, 0.1) is 5.41 Å². The van der Waals surface area contributed by atoms with Crippen LogP contribution in [0.2, 0.25) is 0 Å². The fourth-order valence-electron chi connectivity index (χ4n) is 3.74. The molecule has 4 aromatic rings. The van der Waals surface area contributed by atoms with Gasteiger partial charge in [0.15, 0.2) is 17.1 Å². The Morgan fingerprint density at radius 1 is 1.00 bits per heavy atom. The SMILES string of the molecule is Brc1cnc2[nH]ccc2n1.CC1(C(=O)c2c[nH]c3ncc(Br)nc23)CCCCC1. The van der Waals surface area contributed by atoms with Crippen molar-refractivity contribution in [3.8, 4) is 0 Å². The highest BCUT2D eigenvalue weighted by molar-refractivity contribution is 9.10. The van der Waals surface area contributed by atoms with Crippen molar-refractivity contribution in [1.82, 2.24) is 29.9 Å². The second-order valence-corrected chi connectivity index (χ2v) is 9.07. The fraction of sp³-hybridized carbons (Fsp3) is 0.350. The van der Waals surface area contributed by atoms with Crippen LogP contribution in [0.5, 0.6) is 0 Å². The molecule has 0 unspecified atom stereocenters. The molecule has 0 spiro atoms. The summed E-state index contributed by atoms with van der Waals surface area (Å²) in [5.41, 5.74) is 3.49. The van der Waals surface area contributed by atoms with Crippen LogP contribution in [-0.4, -0.2) is 35.7 Å². The summed E-state index contributed by atoms with van der Waals surface area (Å²) in [5.74, 6) is 0.200. The molecule has 0 amide bonds. The molecular weight excluding hydrogens is 500 g/mol. The van der Waals surface area contributed by atoms with Gasteiger partial charge in [0.1, 0.15) is 20.2 Å². The number of rotatable bonds is 2. The lowest BCUT2D eigenvalue weighted by Crippen LogP contribution is -2.30. The van der Waals surface area contributed by atoms with E-state index in [1.807, 2.05) is 12.3 Å². The molecule has 0 aliphatic heterocycles. The Balaban J connectivity index is 0.000000171. The zero-order valence-corrected chi connectivity index (χ0v) is 19.0. The molecule has 4 aromatic heterocycles. The van der Waals surface area contributed by atoms with Gasteiger partial charge in [0, 0.05) is 17.8 Å². The quantitative estimate of drug-likeness (QED) is 0.336. The predicted octanol–water partition coefficient (Wildman–Crippen LogP) is 5.59. The molecule has 1 aliphatic carbocycles. The van der Waals surface area contributed by atoms with E-state index < -0.39 is 0 Å². The first-order chi connectivity index (χ1) is 14.0. The normalized spacial score (nSPS) is 15.8. The number of aromatic nitrogens is 6. The van der Waals surface area contributed by atoms with E-state index in [0.29, 0.717) is 21.3 Å². The Kier molecular flexibility index (Phi) is 5.78. The van der Waals surface area contributed by atoms with Gasteiger partial charge in [-0.3, -0.25) is 4.79 Å². The van der Waals surface area contributed by atoms with Gasteiger partial charge in [0.25, 0.3) is 0 Å². The van der Waals surface area contributed by atoms with Crippen LogP contribution in [0.4, 0.5) is 0 Å². The van der Waals surface area contributed by atoms with Gasteiger partial charge >= 0.3 is 0 Å². The van der Waals surface area contributed by atoms with Crippen LogP contribution >= 0.6 is 31.9 Å². The lowest BCUT2D eigenvalue weighted by Gasteiger charge is -2.31. The number of fused-ring (bicyclic) bond motifs is 2. The zero-order chi connectivity index (χ0) is 20.4. The molecule has 5 rings (SSSR count). The van der Waals surface area contributed by atoms with Gasteiger partial charge in [-0.2, -0.15) is 0 Å². The van der Waals surface area contributed by atoms with Crippen LogP contribution < -0.4 is 0 Å². The minimum absolute atomic E-state index is 0.200. The minimum Gasteiger partial charge on any atom is -0.345 e. The monoisotopic (exact) mass is 518 g/mol. The second-order valence-electron chi connectivity index (χ2n) is 7.45. The van der Waals surface area contributed by atoms with Gasteiger partial charge in [0.05, 0.1) is 18.0 Å². The van der Waals surface area contributed by atoms with Crippen molar-refractivity contribution in [1.29, 1.82) is 0 Å². The van der Waals surface area contributed by atoms with Crippen LogP contribution in [0.15, 0.2) is 40.1 Å². The average molecular weight is 520 g/mol. The highest BCUT2D eigenvalue weighted by Crippen LogP contribution is 2.39. The maximum absolute atomic E-state index is 12.8. The number of halogens is 2. The minimum atomic E-state index is -0.239. The number of nitrogens with one attached hydrogen (secondary N) is 2. The van der Waals surface area contributed by atoms with E-state index >= 15 is 0 Å². The third-order valence-electron chi connectivity index (χ3n) is 5.33. The molecule has 150 valence electrons. The molecule has 7 nitrogen and oxygen atoms in total. The molecule has 1 saturated carbocycles. The van der Waals surface area contributed by atoms with Gasteiger partial charge < -0.3 is 9.97 Å². The molecule has 29 heavy (non-hydrogen) atoms. The van der Waals surface area contributed by atoms with Gasteiger partial charge in [-0.15, -0.1) is 0 Å². The van der Waals surface area contributed by atoms with E-state index in [4.69, 9.17) is 0 Å². The van der Waals surface area contributed by atoms with Gasteiger partial charge in [-0.25, -0.2) is 19.9 Å². The number of H-pyrrole nitrogens is 2. The summed E-state index contributed by atoms with van der Waals surface area (Å²) in [5, 5.41) is 0. The van der Waals surface area contributed by atoms with Crippen LogP contribution in [-0.2, 0) is 0 Å². The summed E-state index contributed by atoms with van der Waals surface area (Å²) in [6, 6.07) is 1.88. The van der Waals surface area contributed by atoms with Crippen LogP contribution in [0.1, 0.15) is 49.4 Å². The molecule has 0 aromatic carbocycles. The van der Waals surface area contributed by atoms with Gasteiger partial charge in [-0.1, -0.05) is 26.2 Å². The standard InChI is InChI=1S/C14H16BrN3O.C6H4BrN3/c1-14(5-3-2-4-6-14)12(19)9-7-16-13-11(9)18-10(15)8-17-13;7-5-3-9-6-4(10-5)1-2-8-6/h7-8H,2-6H2,1H3,(H,16,17);1-3H,(H,8,9). The Bertz CT molecular complexity index is 1160. The summed E-state index contributed by atoms with van der Waals surface area (Å²) in [6.45, 7) is 2.08. The van der Waals surface area contributed by atoms with Crippen molar-refractivity contribution in [2.24, 2.45) is 5.41 Å². The lowest BCUT2D eigenvalue weighted by atomic mass is 9.71. The number of hydrogen-bond donors (Lipinski definition) is 2. The summed E-state index contributed by atoms with van der Waals surface area (Å²) in [7, 11) is 0. The summed E-state index contributed by atoms with van der Waals surface area (Å²) in [4.78, 5) is 35.6. The molecule has 0 saturated heterocycles. The predicted molar refractivity (Wildman–Crippen MR) is 119 cm³/mol. The Morgan fingerprint density at radius 2 is 1.69 bits per heavy atom. The molecule has 9 heteroatoms. The van der Waals surface area contributed by atoms with Crippen molar-refractivity contribution in [2.75, 3.05) is 0 Å². The summed E-state index contributed by atoms with van der Waals surface area (Å²) < 4.78 is 1.42. The Hall–Kier alpha value is -2.13. The largest absolute Gasteiger partial charge is 0.345 e. The molecule has 4 heterocycles. The third-order valence-corrected chi connectivity index (χ3v) is 6.10. The lowest BCUT2D eigenvalue weighted by molar-refractivity contribution is 0.0751. The first-order valence-electron chi connectivity index (χ1n) is 9.46. The number of hydrogen-bond acceptors (Lipinski definition) is 5. The molecule has 2 N–H and O–H groups in total. The first kappa shape index (κ1) is 20.2. The smallest absolute Gasteiger partial charge is 0.172 e. The zero-order valence-electron chi connectivity index (χ0n) is 15.9. The van der Waals surface area contributed by atoms with Crippen molar-refractivity contribution in [3.63, 3.8) is 0 Å². The maximum Gasteiger partial charge on any atom is 0.172 e. The van der Waals surface area contributed by atoms with E-state index in [2.05, 4.69) is 68.7 Å². The van der Waals surface area contributed by atoms with E-state index in [-0.39, 0.29) is 11.2 Å². The highest BCUT2D eigenvalue weighted by atomic mass is 79.9. The van der Waals surface area contributed by atoms with Crippen molar-refractivity contribution in [3.05, 3.63) is 45.6 Å². The highest BCUT2D eigenvalue weighted by Gasteiger charge is 2.36. The molecule has 1 aliphatic rings. The second kappa shape index (κ2) is 8.31. The van der Waals surface area contributed by atoms with Crippen LogP contribution in [0.3, 0.4) is 0 Å². The van der Waals surface area contributed by atoms with Crippen LogP contribution in [0.25, 0.3) is 22.3 Å². The number of carbonyl (C=O) groups excluding carboxylic acids is 1.